The summed E-state index contributed by atoms with van der Waals surface area (Å²) in [6.07, 6.45) is -4.43. The summed E-state index contributed by atoms with van der Waals surface area (Å²) >= 11 is 5.34. The molecule has 0 N–H and O–H groups in total. The molecule has 0 aliphatic rings. The average molecular weight is 249 g/mol. The summed E-state index contributed by atoms with van der Waals surface area (Å²) in [6.45, 7) is 0. The van der Waals surface area contributed by atoms with E-state index in [1.165, 1.54) is 19.2 Å². The van der Waals surface area contributed by atoms with Gasteiger partial charge < -0.3 is 4.74 Å². The van der Waals surface area contributed by atoms with E-state index in [9.17, 15) is 13.2 Å². The van der Waals surface area contributed by atoms with Crippen molar-refractivity contribution in [2.45, 2.75) is 6.18 Å². The highest BCUT2D eigenvalue weighted by molar-refractivity contribution is 6.19. The third-order valence-electron chi connectivity index (χ3n) is 1.81. The number of alkyl halides is 4. The van der Waals surface area contributed by atoms with Crippen molar-refractivity contribution in [1.29, 1.82) is 0 Å². The molecule has 0 saturated heterocycles. The highest BCUT2D eigenvalue weighted by Crippen LogP contribution is 2.36. The maximum Gasteiger partial charge on any atom is 0.419 e. The molecule has 0 atom stereocenters. The predicted octanol–water partition coefficient (Wildman–Crippen LogP) is 3.30. The van der Waals surface area contributed by atoms with E-state index >= 15 is 0 Å². The Balaban J connectivity index is 3.17. The smallest absolute Gasteiger partial charge is 0.419 e. The van der Waals surface area contributed by atoms with Crippen LogP contribution in [0.15, 0.2) is 18.2 Å². The van der Waals surface area contributed by atoms with Gasteiger partial charge in [0, 0.05) is 5.56 Å². The summed E-state index contributed by atoms with van der Waals surface area (Å²) in [4.78, 5) is 0. The zero-order chi connectivity index (χ0) is 12.2. The van der Waals surface area contributed by atoms with Crippen LogP contribution in [0, 0.1) is 11.8 Å². The number of methoxy groups -OCH3 is 1. The molecule has 0 aromatic heterocycles. The van der Waals surface area contributed by atoms with Crippen molar-refractivity contribution in [3.63, 3.8) is 0 Å². The number of hydrogen-bond donors (Lipinski definition) is 0. The molecule has 0 bridgehead atoms. The molecule has 0 amide bonds. The molecular formula is C11H8ClF3O. The van der Waals surface area contributed by atoms with Crippen molar-refractivity contribution in [3.05, 3.63) is 29.3 Å². The summed E-state index contributed by atoms with van der Waals surface area (Å²) < 4.78 is 42.1. The fourth-order valence-electron chi connectivity index (χ4n) is 1.14. The van der Waals surface area contributed by atoms with E-state index in [4.69, 9.17) is 11.6 Å². The first-order valence-electron chi connectivity index (χ1n) is 4.29. The Morgan fingerprint density at radius 1 is 1.38 bits per heavy atom. The van der Waals surface area contributed by atoms with Gasteiger partial charge in [0.1, 0.15) is 5.75 Å². The van der Waals surface area contributed by atoms with E-state index in [0.717, 1.165) is 6.07 Å². The summed E-state index contributed by atoms with van der Waals surface area (Å²) in [7, 11) is 1.18. The Morgan fingerprint density at radius 3 is 2.56 bits per heavy atom. The van der Waals surface area contributed by atoms with Crippen LogP contribution in [0.25, 0.3) is 0 Å². The summed E-state index contributed by atoms with van der Waals surface area (Å²) in [5.74, 6) is 5.06. The Hall–Kier alpha value is -1.34. The lowest BCUT2D eigenvalue weighted by molar-refractivity contribution is -0.138. The maximum atomic E-state index is 12.5. The van der Waals surface area contributed by atoms with Crippen LogP contribution in [0.2, 0.25) is 0 Å². The highest BCUT2D eigenvalue weighted by atomic mass is 35.5. The second-order valence-corrected chi connectivity index (χ2v) is 3.12. The lowest BCUT2D eigenvalue weighted by Crippen LogP contribution is -2.07. The molecule has 1 nitrogen and oxygen atoms in total. The first-order valence-corrected chi connectivity index (χ1v) is 4.82. The molecule has 0 radical (unpaired) electrons. The van der Waals surface area contributed by atoms with Crippen LogP contribution in [0.3, 0.4) is 0 Å². The number of halogens is 4. The van der Waals surface area contributed by atoms with Crippen molar-refractivity contribution in [3.8, 4) is 17.6 Å². The van der Waals surface area contributed by atoms with Crippen LogP contribution in [-0.4, -0.2) is 13.0 Å². The van der Waals surface area contributed by atoms with Crippen molar-refractivity contribution >= 4 is 11.6 Å². The second-order valence-electron chi connectivity index (χ2n) is 2.85. The van der Waals surface area contributed by atoms with E-state index in [-0.39, 0.29) is 11.6 Å². The Morgan fingerprint density at radius 2 is 2.06 bits per heavy atom. The van der Waals surface area contributed by atoms with Crippen molar-refractivity contribution in [1.82, 2.24) is 0 Å². The van der Waals surface area contributed by atoms with Crippen molar-refractivity contribution in [2.75, 3.05) is 13.0 Å². The first kappa shape index (κ1) is 12.7. The van der Waals surface area contributed by atoms with Gasteiger partial charge in [-0.05, 0) is 18.2 Å². The van der Waals surface area contributed by atoms with Gasteiger partial charge in [0.15, 0.2) is 0 Å². The zero-order valence-electron chi connectivity index (χ0n) is 8.36. The number of rotatable bonds is 1. The van der Waals surface area contributed by atoms with Crippen LogP contribution in [0.1, 0.15) is 11.1 Å². The van der Waals surface area contributed by atoms with Gasteiger partial charge in [-0.3, -0.25) is 0 Å². The van der Waals surface area contributed by atoms with Gasteiger partial charge in [-0.15, -0.1) is 11.6 Å². The third kappa shape index (κ3) is 3.07. The molecule has 16 heavy (non-hydrogen) atoms. The topological polar surface area (TPSA) is 9.23 Å². The number of ether oxygens (including phenoxy) is 1. The molecule has 86 valence electrons. The van der Waals surface area contributed by atoms with Crippen LogP contribution >= 0.6 is 11.6 Å². The van der Waals surface area contributed by atoms with Gasteiger partial charge in [-0.2, -0.15) is 13.2 Å². The van der Waals surface area contributed by atoms with Gasteiger partial charge >= 0.3 is 6.18 Å². The van der Waals surface area contributed by atoms with E-state index in [2.05, 4.69) is 16.6 Å². The molecule has 0 saturated carbocycles. The van der Waals surface area contributed by atoms with Crippen LogP contribution < -0.4 is 4.74 Å². The summed E-state index contributed by atoms with van der Waals surface area (Å²) in [5.41, 5.74) is -0.378. The van der Waals surface area contributed by atoms with E-state index < -0.39 is 11.7 Å². The average Bonchev–Trinajstić information content (AvgIpc) is 2.24. The van der Waals surface area contributed by atoms with Gasteiger partial charge in [0.2, 0.25) is 0 Å². The molecule has 1 aromatic carbocycles. The first-order chi connectivity index (χ1) is 7.49. The van der Waals surface area contributed by atoms with Gasteiger partial charge in [-0.25, -0.2) is 0 Å². The van der Waals surface area contributed by atoms with Crippen molar-refractivity contribution < 1.29 is 17.9 Å². The van der Waals surface area contributed by atoms with Gasteiger partial charge in [-0.1, -0.05) is 11.8 Å². The second kappa shape index (κ2) is 5.13. The van der Waals surface area contributed by atoms with Crippen LogP contribution in [-0.2, 0) is 6.18 Å². The zero-order valence-corrected chi connectivity index (χ0v) is 9.12. The van der Waals surface area contributed by atoms with Crippen LogP contribution in [0.5, 0.6) is 5.75 Å². The molecule has 1 aromatic rings. The Labute approximate surface area is 96.2 Å². The molecular weight excluding hydrogens is 241 g/mol. The molecule has 0 spiro atoms. The van der Waals surface area contributed by atoms with Crippen molar-refractivity contribution in [2.24, 2.45) is 0 Å². The minimum Gasteiger partial charge on any atom is -0.496 e. The van der Waals surface area contributed by atoms with E-state index in [0.29, 0.717) is 5.56 Å². The fraction of sp³-hybridized carbons (Fsp3) is 0.273. The molecule has 0 heterocycles. The fourth-order valence-corrected chi connectivity index (χ4v) is 1.21. The van der Waals surface area contributed by atoms with E-state index in [1.54, 1.807) is 0 Å². The molecule has 5 heteroatoms. The largest absolute Gasteiger partial charge is 0.496 e. The predicted molar refractivity (Wildman–Crippen MR) is 55.6 cm³/mol. The molecule has 0 aliphatic heterocycles. The lowest BCUT2D eigenvalue weighted by Gasteiger charge is -2.11. The normalized spacial score (nSPS) is 10.6. The highest BCUT2D eigenvalue weighted by Gasteiger charge is 2.34. The molecule has 0 unspecified atom stereocenters. The standard InChI is InChI=1S/C11H8ClF3O/c1-16-10-7-8(3-2-6-12)4-5-9(10)11(13,14)15/h4-5,7H,6H2,1H3. The SMILES string of the molecule is COc1cc(C#CCCl)ccc1C(F)(F)F. The monoisotopic (exact) mass is 248 g/mol. The molecule has 0 fully saturated rings. The summed E-state index contributed by atoms with van der Waals surface area (Å²) in [5, 5.41) is 0. The number of benzene rings is 1. The molecule has 0 aliphatic carbocycles. The van der Waals surface area contributed by atoms with Crippen LogP contribution in [0.4, 0.5) is 13.2 Å². The minimum atomic E-state index is -4.43. The quantitative estimate of drug-likeness (QED) is 0.547. The maximum absolute atomic E-state index is 12.5. The van der Waals surface area contributed by atoms with Gasteiger partial charge in [0.25, 0.3) is 0 Å². The Kier molecular flexibility index (Phi) is 4.08. The van der Waals surface area contributed by atoms with E-state index in [1.807, 2.05) is 0 Å². The third-order valence-corrected chi connectivity index (χ3v) is 1.94. The molecule has 1 rings (SSSR count). The van der Waals surface area contributed by atoms with Gasteiger partial charge in [0.05, 0.1) is 18.6 Å². The minimum absolute atomic E-state index is 0.128. The summed E-state index contributed by atoms with van der Waals surface area (Å²) in [6, 6.07) is 3.46. The Bertz CT molecular complexity index is 429. The lowest BCUT2D eigenvalue weighted by atomic mass is 10.1. The number of hydrogen-bond acceptors (Lipinski definition) is 1.